The maximum absolute atomic E-state index is 12.6. The highest BCUT2D eigenvalue weighted by atomic mass is 32.2. The zero-order chi connectivity index (χ0) is 21.2. The van der Waals surface area contributed by atoms with E-state index >= 15 is 0 Å². The first-order valence-corrected chi connectivity index (χ1v) is 10.9. The summed E-state index contributed by atoms with van der Waals surface area (Å²) in [4.78, 5) is 14.8. The van der Waals surface area contributed by atoms with Crippen molar-refractivity contribution in [3.8, 4) is 5.75 Å². The van der Waals surface area contributed by atoms with Crippen LogP contribution in [0.2, 0.25) is 0 Å². The number of hydrogen-bond donors (Lipinski definition) is 1. The Morgan fingerprint density at radius 3 is 2.66 bits per heavy atom. The Labute approximate surface area is 172 Å². The van der Waals surface area contributed by atoms with Gasteiger partial charge in [0.1, 0.15) is 10.6 Å². The van der Waals surface area contributed by atoms with E-state index in [4.69, 9.17) is 4.74 Å². The lowest BCUT2D eigenvalue weighted by Crippen LogP contribution is -2.26. The molecule has 29 heavy (non-hydrogen) atoms. The summed E-state index contributed by atoms with van der Waals surface area (Å²) in [5.74, 6) is -0.133. The van der Waals surface area contributed by atoms with Gasteiger partial charge < -0.3 is 15.0 Å². The zero-order valence-corrected chi connectivity index (χ0v) is 18.0. The Morgan fingerprint density at radius 2 is 1.97 bits per heavy atom. The summed E-state index contributed by atoms with van der Waals surface area (Å²) < 4.78 is 31.3. The first-order valence-electron chi connectivity index (χ1n) is 9.45. The number of ether oxygens (including phenoxy) is 1. The number of amides is 1. The van der Waals surface area contributed by atoms with E-state index in [1.807, 2.05) is 6.07 Å². The number of anilines is 1. The molecule has 1 aliphatic heterocycles. The van der Waals surface area contributed by atoms with Gasteiger partial charge in [-0.25, -0.2) is 12.7 Å². The second-order valence-electron chi connectivity index (χ2n) is 7.32. The molecule has 0 aliphatic carbocycles. The van der Waals surface area contributed by atoms with Crippen LogP contribution in [0, 0.1) is 0 Å². The van der Waals surface area contributed by atoms with E-state index in [-0.39, 0.29) is 22.1 Å². The van der Waals surface area contributed by atoms with Crippen LogP contribution in [-0.4, -0.2) is 53.4 Å². The second-order valence-corrected chi connectivity index (χ2v) is 9.44. The van der Waals surface area contributed by atoms with Crippen LogP contribution in [0.25, 0.3) is 0 Å². The number of hydrogen-bond acceptors (Lipinski definition) is 5. The highest BCUT2D eigenvalue weighted by molar-refractivity contribution is 7.89. The molecule has 0 fully saturated rings. The van der Waals surface area contributed by atoms with Crippen LogP contribution in [0.5, 0.6) is 5.75 Å². The summed E-state index contributed by atoms with van der Waals surface area (Å²) in [6.45, 7) is 1.43. The van der Waals surface area contributed by atoms with Gasteiger partial charge in [0.2, 0.25) is 10.0 Å². The number of nitrogens with one attached hydrogen (secondary N) is 1. The van der Waals surface area contributed by atoms with Crippen molar-refractivity contribution in [3.05, 3.63) is 53.1 Å². The molecule has 3 rings (SSSR count). The summed E-state index contributed by atoms with van der Waals surface area (Å²) in [6, 6.07) is 10.6. The molecule has 7 nitrogen and oxygen atoms in total. The van der Waals surface area contributed by atoms with E-state index < -0.39 is 10.0 Å². The summed E-state index contributed by atoms with van der Waals surface area (Å²) in [5, 5.41) is 2.88. The Morgan fingerprint density at radius 1 is 1.21 bits per heavy atom. The van der Waals surface area contributed by atoms with Gasteiger partial charge in [0.05, 0.1) is 7.11 Å². The second kappa shape index (κ2) is 8.42. The van der Waals surface area contributed by atoms with Crippen molar-refractivity contribution >= 4 is 21.6 Å². The third-order valence-electron chi connectivity index (χ3n) is 5.13. The molecule has 2 aromatic rings. The average molecular weight is 418 g/mol. The number of rotatable bonds is 6. The average Bonchev–Trinajstić information content (AvgIpc) is 2.71. The molecule has 0 aromatic heterocycles. The quantitative estimate of drug-likeness (QED) is 0.780. The number of carbonyl (C=O) groups excluding carboxylic acids is 1. The first kappa shape index (κ1) is 21.1. The van der Waals surface area contributed by atoms with Crippen molar-refractivity contribution < 1.29 is 17.9 Å². The number of fused-ring (bicyclic) bond motifs is 1. The molecule has 8 heteroatoms. The van der Waals surface area contributed by atoms with Gasteiger partial charge >= 0.3 is 0 Å². The fourth-order valence-electron chi connectivity index (χ4n) is 3.45. The molecule has 0 radical (unpaired) electrons. The van der Waals surface area contributed by atoms with Crippen molar-refractivity contribution in [2.24, 2.45) is 0 Å². The fourth-order valence-corrected chi connectivity index (χ4v) is 4.52. The molecule has 2 aromatic carbocycles. The van der Waals surface area contributed by atoms with Crippen molar-refractivity contribution in [1.29, 1.82) is 0 Å². The maximum Gasteiger partial charge on any atom is 0.251 e. The van der Waals surface area contributed by atoms with Gasteiger partial charge in [0, 0.05) is 45.5 Å². The Kier molecular flexibility index (Phi) is 6.14. The van der Waals surface area contributed by atoms with Crippen molar-refractivity contribution in [2.75, 3.05) is 39.7 Å². The van der Waals surface area contributed by atoms with E-state index in [1.54, 1.807) is 6.07 Å². The minimum absolute atomic E-state index is 0.0329. The van der Waals surface area contributed by atoms with Gasteiger partial charge in [0.15, 0.2) is 0 Å². The Balaban J connectivity index is 1.78. The normalized spacial score (nSPS) is 13.9. The van der Waals surface area contributed by atoms with Crippen LogP contribution in [0.1, 0.15) is 27.9 Å². The number of benzene rings is 2. The smallest absolute Gasteiger partial charge is 0.251 e. The summed E-state index contributed by atoms with van der Waals surface area (Å²) >= 11 is 0. The number of sulfonamides is 1. The van der Waals surface area contributed by atoms with Crippen LogP contribution in [-0.2, 0) is 23.0 Å². The first-order chi connectivity index (χ1) is 13.7. The van der Waals surface area contributed by atoms with Gasteiger partial charge in [0.25, 0.3) is 5.91 Å². The standard InChI is InChI=1S/C21H27N3O4S/c1-23(2)29(26,27)20-13-17(8-10-19(20)28-4)21(25)22-14-15-7-9-18-16(12-15)6-5-11-24(18)3/h7-10,12-13H,5-6,11,14H2,1-4H3,(H,22,25). The molecule has 1 amide bonds. The molecule has 1 heterocycles. The molecule has 0 saturated carbocycles. The fraction of sp³-hybridized carbons (Fsp3) is 0.381. The predicted molar refractivity (Wildman–Crippen MR) is 113 cm³/mol. The van der Waals surface area contributed by atoms with Crippen LogP contribution < -0.4 is 15.0 Å². The lowest BCUT2D eigenvalue weighted by atomic mass is 9.99. The molecular weight excluding hydrogens is 390 g/mol. The van der Waals surface area contributed by atoms with Crippen LogP contribution in [0.4, 0.5) is 5.69 Å². The van der Waals surface area contributed by atoms with E-state index in [1.165, 1.54) is 44.6 Å². The minimum Gasteiger partial charge on any atom is -0.495 e. The Hall–Kier alpha value is -2.58. The molecule has 1 aliphatic rings. The van der Waals surface area contributed by atoms with E-state index in [2.05, 4.69) is 29.4 Å². The summed E-state index contributed by atoms with van der Waals surface area (Å²) in [5.41, 5.74) is 3.81. The van der Waals surface area contributed by atoms with E-state index in [0.717, 1.165) is 29.3 Å². The van der Waals surface area contributed by atoms with Crippen LogP contribution in [0.15, 0.2) is 41.3 Å². The van der Waals surface area contributed by atoms with Crippen LogP contribution in [0.3, 0.4) is 0 Å². The van der Waals surface area contributed by atoms with E-state index in [9.17, 15) is 13.2 Å². The number of carbonyl (C=O) groups is 1. The highest BCUT2D eigenvalue weighted by Gasteiger charge is 2.24. The van der Waals surface area contributed by atoms with Crippen molar-refractivity contribution in [2.45, 2.75) is 24.3 Å². The number of aryl methyl sites for hydroxylation is 1. The topological polar surface area (TPSA) is 79.0 Å². The molecule has 156 valence electrons. The molecule has 0 atom stereocenters. The summed E-state index contributed by atoms with van der Waals surface area (Å²) in [7, 11) is 2.63. The number of nitrogens with zero attached hydrogens (tertiary/aromatic N) is 2. The van der Waals surface area contributed by atoms with Gasteiger partial charge in [-0.1, -0.05) is 12.1 Å². The van der Waals surface area contributed by atoms with Crippen molar-refractivity contribution in [3.63, 3.8) is 0 Å². The minimum atomic E-state index is -3.73. The zero-order valence-electron chi connectivity index (χ0n) is 17.2. The van der Waals surface area contributed by atoms with Gasteiger partial charge in [-0.2, -0.15) is 0 Å². The maximum atomic E-state index is 12.6. The SMILES string of the molecule is COc1ccc(C(=O)NCc2ccc3c(c2)CCCN3C)cc1S(=O)(=O)N(C)C. The lowest BCUT2D eigenvalue weighted by molar-refractivity contribution is 0.0950. The molecule has 0 spiro atoms. The Bertz CT molecular complexity index is 1020. The van der Waals surface area contributed by atoms with Crippen LogP contribution >= 0.6 is 0 Å². The monoisotopic (exact) mass is 417 g/mol. The molecule has 1 N–H and O–H groups in total. The predicted octanol–water partition coefficient (Wildman–Crippen LogP) is 2.26. The molecule has 0 bridgehead atoms. The van der Waals surface area contributed by atoms with Crippen molar-refractivity contribution in [1.82, 2.24) is 9.62 Å². The molecular formula is C21H27N3O4S. The molecule has 0 saturated heterocycles. The van der Waals surface area contributed by atoms with E-state index in [0.29, 0.717) is 6.54 Å². The number of methoxy groups -OCH3 is 1. The highest BCUT2D eigenvalue weighted by Crippen LogP contribution is 2.28. The lowest BCUT2D eigenvalue weighted by Gasteiger charge is -2.27. The largest absolute Gasteiger partial charge is 0.495 e. The molecule has 0 unspecified atom stereocenters. The van der Waals surface area contributed by atoms with Gasteiger partial charge in [-0.05, 0) is 48.2 Å². The van der Waals surface area contributed by atoms with Gasteiger partial charge in [-0.15, -0.1) is 0 Å². The van der Waals surface area contributed by atoms with Gasteiger partial charge in [-0.3, -0.25) is 4.79 Å². The third kappa shape index (κ3) is 4.38. The summed E-state index contributed by atoms with van der Waals surface area (Å²) in [6.07, 6.45) is 2.15. The third-order valence-corrected chi connectivity index (χ3v) is 6.97.